The van der Waals surface area contributed by atoms with Gasteiger partial charge in [0, 0.05) is 6.54 Å². The summed E-state index contributed by atoms with van der Waals surface area (Å²) in [6.45, 7) is 4.70. The molecule has 0 aliphatic carbocycles. The van der Waals surface area contributed by atoms with Gasteiger partial charge in [0.05, 0.1) is 17.5 Å². The zero-order valence-electron chi connectivity index (χ0n) is 15.6. The van der Waals surface area contributed by atoms with E-state index in [0.717, 1.165) is 11.3 Å². The molecule has 3 aromatic rings. The third-order valence-corrected chi connectivity index (χ3v) is 4.26. The predicted molar refractivity (Wildman–Crippen MR) is 105 cm³/mol. The third kappa shape index (κ3) is 4.73. The van der Waals surface area contributed by atoms with Crippen molar-refractivity contribution in [1.82, 2.24) is 14.9 Å². The Morgan fingerprint density at radius 2 is 1.96 bits per heavy atom. The highest BCUT2D eigenvalue weighted by Crippen LogP contribution is 2.12. The highest BCUT2D eigenvalue weighted by atomic mass is 16.5. The molecule has 0 spiro atoms. The molecule has 6 heteroatoms. The average molecular weight is 365 g/mol. The average Bonchev–Trinajstić information content (AvgIpc) is 2.65. The van der Waals surface area contributed by atoms with Gasteiger partial charge in [0.1, 0.15) is 18.1 Å². The minimum atomic E-state index is -0.215. The molecular weight excluding hydrogens is 342 g/mol. The molecule has 0 saturated carbocycles. The summed E-state index contributed by atoms with van der Waals surface area (Å²) in [5.74, 6) is 1.13. The summed E-state index contributed by atoms with van der Waals surface area (Å²) < 4.78 is 7.06. The summed E-state index contributed by atoms with van der Waals surface area (Å²) in [6, 6.07) is 15.0. The molecular formula is C21H23N3O3. The molecule has 0 unspecified atom stereocenters. The molecule has 27 heavy (non-hydrogen) atoms. The van der Waals surface area contributed by atoms with Crippen LogP contribution in [-0.2, 0) is 11.3 Å². The van der Waals surface area contributed by atoms with Crippen molar-refractivity contribution in [1.29, 1.82) is 0 Å². The van der Waals surface area contributed by atoms with E-state index in [-0.39, 0.29) is 18.0 Å². The van der Waals surface area contributed by atoms with Crippen LogP contribution in [0.3, 0.4) is 0 Å². The molecule has 1 amide bonds. The molecule has 3 rings (SSSR count). The first-order valence-electron chi connectivity index (χ1n) is 8.97. The number of ether oxygens (including phenoxy) is 1. The van der Waals surface area contributed by atoms with Gasteiger partial charge in [-0.3, -0.25) is 14.2 Å². The van der Waals surface area contributed by atoms with E-state index >= 15 is 0 Å². The van der Waals surface area contributed by atoms with Gasteiger partial charge in [-0.25, -0.2) is 4.98 Å². The quantitative estimate of drug-likeness (QED) is 0.653. The maximum absolute atomic E-state index is 12.6. The van der Waals surface area contributed by atoms with Crippen LogP contribution in [0.2, 0.25) is 0 Å². The van der Waals surface area contributed by atoms with Crippen LogP contribution in [0.1, 0.15) is 17.8 Å². The molecule has 0 radical (unpaired) electrons. The molecule has 0 bridgehead atoms. The minimum Gasteiger partial charge on any atom is -0.494 e. The molecule has 1 N–H and O–H groups in total. The molecule has 0 atom stereocenters. The number of carbonyl (C=O) groups excluding carboxylic acids is 1. The van der Waals surface area contributed by atoms with Crippen LogP contribution in [0.4, 0.5) is 0 Å². The Morgan fingerprint density at radius 3 is 2.78 bits per heavy atom. The van der Waals surface area contributed by atoms with Gasteiger partial charge < -0.3 is 10.1 Å². The zero-order chi connectivity index (χ0) is 19.2. The number of para-hydroxylation sites is 1. The van der Waals surface area contributed by atoms with E-state index in [9.17, 15) is 9.59 Å². The van der Waals surface area contributed by atoms with Gasteiger partial charge in [-0.1, -0.05) is 24.3 Å². The van der Waals surface area contributed by atoms with Crippen molar-refractivity contribution in [3.8, 4) is 5.75 Å². The van der Waals surface area contributed by atoms with Crippen molar-refractivity contribution < 1.29 is 9.53 Å². The Hall–Kier alpha value is -3.15. The van der Waals surface area contributed by atoms with Crippen molar-refractivity contribution in [2.45, 2.75) is 26.8 Å². The van der Waals surface area contributed by atoms with Gasteiger partial charge in [-0.2, -0.15) is 0 Å². The van der Waals surface area contributed by atoms with E-state index in [1.807, 2.05) is 37.3 Å². The van der Waals surface area contributed by atoms with Crippen molar-refractivity contribution in [3.63, 3.8) is 0 Å². The maximum atomic E-state index is 12.6. The lowest BCUT2D eigenvalue weighted by Gasteiger charge is -2.11. The molecule has 0 fully saturated rings. The van der Waals surface area contributed by atoms with E-state index in [4.69, 9.17) is 4.74 Å². The monoisotopic (exact) mass is 365 g/mol. The first-order chi connectivity index (χ1) is 13.0. The second kappa shape index (κ2) is 8.49. The van der Waals surface area contributed by atoms with Crippen molar-refractivity contribution >= 4 is 16.8 Å². The molecule has 140 valence electrons. The lowest BCUT2D eigenvalue weighted by Crippen LogP contribution is -2.34. The normalized spacial score (nSPS) is 10.7. The summed E-state index contributed by atoms with van der Waals surface area (Å²) >= 11 is 0. The van der Waals surface area contributed by atoms with Gasteiger partial charge in [-0.15, -0.1) is 0 Å². The smallest absolute Gasteiger partial charge is 0.261 e. The van der Waals surface area contributed by atoms with Crippen LogP contribution in [0.15, 0.2) is 53.3 Å². The predicted octanol–water partition coefficient (Wildman–Crippen LogP) is 2.60. The fourth-order valence-corrected chi connectivity index (χ4v) is 2.86. The summed E-state index contributed by atoms with van der Waals surface area (Å²) in [6.07, 6.45) is 0.684. The van der Waals surface area contributed by atoms with Crippen LogP contribution in [0.25, 0.3) is 10.9 Å². The van der Waals surface area contributed by atoms with Crippen molar-refractivity contribution in [2.75, 3.05) is 13.2 Å². The Kier molecular flexibility index (Phi) is 5.86. The molecule has 1 heterocycles. The number of hydrogen-bond donors (Lipinski definition) is 1. The minimum absolute atomic E-state index is 0.0404. The first-order valence-corrected chi connectivity index (χ1v) is 8.97. The summed E-state index contributed by atoms with van der Waals surface area (Å²) in [7, 11) is 0. The zero-order valence-corrected chi connectivity index (χ0v) is 15.6. The number of nitrogens with one attached hydrogen (secondary N) is 1. The van der Waals surface area contributed by atoms with E-state index in [1.165, 1.54) is 4.57 Å². The summed E-state index contributed by atoms with van der Waals surface area (Å²) in [4.78, 5) is 29.2. The number of rotatable bonds is 7. The third-order valence-electron chi connectivity index (χ3n) is 4.26. The second-order valence-electron chi connectivity index (χ2n) is 6.44. The van der Waals surface area contributed by atoms with Gasteiger partial charge in [0.15, 0.2) is 0 Å². The van der Waals surface area contributed by atoms with Crippen molar-refractivity contribution in [3.05, 3.63) is 70.3 Å². The Bertz CT molecular complexity index is 1010. The molecule has 1 aromatic heterocycles. The largest absolute Gasteiger partial charge is 0.494 e. The van der Waals surface area contributed by atoms with Crippen molar-refractivity contribution in [2.24, 2.45) is 0 Å². The number of fused-ring (bicyclic) bond motifs is 1. The fourth-order valence-electron chi connectivity index (χ4n) is 2.86. The first kappa shape index (κ1) is 18.6. The van der Waals surface area contributed by atoms with Crippen LogP contribution >= 0.6 is 0 Å². The van der Waals surface area contributed by atoms with Gasteiger partial charge in [0.25, 0.3) is 5.56 Å². The number of benzene rings is 2. The summed E-state index contributed by atoms with van der Waals surface area (Å²) in [5.41, 5.74) is 1.59. The molecule has 0 saturated heterocycles. The Labute approximate surface area is 157 Å². The SMILES string of the molecule is Cc1cccc(OCCCNC(=O)Cn2c(C)nc3ccccc3c2=O)c1. The number of nitrogens with zero attached hydrogens (tertiary/aromatic N) is 2. The molecule has 2 aromatic carbocycles. The van der Waals surface area contributed by atoms with Crippen LogP contribution in [0, 0.1) is 13.8 Å². The maximum Gasteiger partial charge on any atom is 0.261 e. The van der Waals surface area contributed by atoms with E-state index < -0.39 is 0 Å². The Morgan fingerprint density at radius 1 is 1.15 bits per heavy atom. The number of hydrogen-bond acceptors (Lipinski definition) is 4. The topological polar surface area (TPSA) is 73.2 Å². The molecule has 6 nitrogen and oxygen atoms in total. The summed E-state index contributed by atoms with van der Waals surface area (Å²) in [5, 5.41) is 3.34. The number of carbonyl (C=O) groups is 1. The number of aryl methyl sites for hydroxylation is 2. The van der Waals surface area contributed by atoms with E-state index in [1.54, 1.807) is 25.1 Å². The van der Waals surface area contributed by atoms with Gasteiger partial charge >= 0.3 is 0 Å². The number of amides is 1. The fraction of sp³-hybridized carbons (Fsp3) is 0.286. The van der Waals surface area contributed by atoms with Crippen LogP contribution in [0.5, 0.6) is 5.75 Å². The van der Waals surface area contributed by atoms with Crippen LogP contribution in [-0.4, -0.2) is 28.6 Å². The van der Waals surface area contributed by atoms with E-state index in [2.05, 4.69) is 10.3 Å². The highest BCUT2D eigenvalue weighted by molar-refractivity contribution is 5.79. The standard InChI is InChI=1S/C21H23N3O3/c1-15-7-5-8-17(13-15)27-12-6-11-22-20(25)14-24-16(2)23-19-10-4-3-9-18(19)21(24)26/h3-5,7-10,13H,6,11-12,14H2,1-2H3,(H,22,25). The Balaban J connectivity index is 1.51. The van der Waals surface area contributed by atoms with Gasteiger partial charge in [-0.05, 0) is 50.1 Å². The molecule has 0 aliphatic rings. The lowest BCUT2D eigenvalue weighted by atomic mass is 10.2. The van der Waals surface area contributed by atoms with Crippen LogP contribution < -0.4 is 15.6 Å². The van der Waals surface area contributed by atoms with E-state index in [0.29, 0.717) is 36.3 Å². The van der Waals surface area contributed by atoms with Gasteiger partial charge in [0.2, 0.25) is 5.91 Å². The lowest BCUT2D eigenvalue weighted by molar-refractivity contribution is -0.121. The molecule has 0 aliphatic heterocycles. The second-order valence-corrected chi connectivity index (χ2v) is 6.44. The highest BCUT2D eigenvalue weighted by Gasteiger charge is 2.11. The number of aromatic nitrogens is 2.